The normalized spacial score (nSPS) is 15.6. The number of benzene rings is 2. The number of ether oxygens (including phenoxy) is 1. The minimum Gasteiger partial charge on any atom is -0.465 e. The number of sulfonamides is 1. The van der Waals surface area contributed by atoms with E-state index in [2.05, 4.69) is 12.2 Å². The third-order valence-electron chi connectivity index (χ3n) is 5.13. The molecule has 3 rings (SSSR count). The number of esters is 1. The van der Waals surface area contributed by atoms with Crippen LogP contribution >= 0.6 is 11.6 Å². The van der Waals surface area contributed by atoms with Crippen molar-refractivity contribution in [2.75, 3.05) is 25.5 Å². The Bertz CT molecular complexity index is 1050. The standard InChI is InChI=1S/C21H23ClN2O5S/c1-14-9-11-24(12-10-14)30(27,28)17-6-3-15(4-7-17)20(25)23-19-13-16(22)5-8-18(19)21(26)29-2/h3-8,13-14H,9-12H2,1-2H3,(H,23,25). The summed E-state index contributed by atoms with van der Waals surface area (Å²) in [6, 6.07) is 10.1. The number of amides is 1. The van der Waals surface area contributed by atoms with Gasteiger partial charge in [-0.25, -0.2) is 13.2 Å². The van der Waals surface area contributed by atoms with Crippen LogP contribution in [0.1, 0.15) is 40.5 Å². The van der Waals surface area contributed by atoms with E-state index in [0.717, 1.165) is 12.8 Å². The molecule has 0 bridgehead atoms. The van der Waals surface area contributed by atoms with E-state index >= 15 is 0 Å². The van der Waals surface area contributed by atoms with Crippen LogP contribution in [0.25, 0.3) is 0 Å². The van der Waals surface area contributed by atoms with Crippen molar-refractivity contribution in [3.05, 3.63) is 58.6 Å². The lowest BCUT2D eigenvalue weighted by Gasteiger charge is -2.29. The van der Waals surface area contributed by atoms with Crippen molar-refractivity contribution in [1.82, 2.24) is 4.31 Å². The topological polar surface area (TPSA) is 92.8 Å². The number of nitrogens with zero attached hydrogens (tertiary/aromatic N) is 1. The van der Waals surface area contributed by atoms with Crippen LogP contribution in [0.15, 0.2) is 47.4 Å². The molecule has 2 aromatic carbocycles. The van der Waals surface area contributed by atoms with E-state index in [1.165, 1.54) is 53.9 Å². The van der Waals surface area contributed by atoms with Gasteiger partial charge in [-0.2, -0.15) is 4.31 Å². The molecule has 0 saturated carbocycles. The van der Waals surface area contributed by atoms with Crippen molar-refractivity contribution < 1.29 is 22.7 Å². The Morgan fingerprint density at radius 1 is 1.10 bits per heavy atom. The number of carbonyl (C=O) groups is 2. The molecule has 7 nitrogen and oxygen atoms in total. The Hall–Kier alpha value is -2.42. The third kappa shape index (κ3) is 4.83. The molecule has 0 atom stereocenters. The number of hydrogen-bond acceptors (Lipinski definition) is 5. The van der Waals surface area contributed by atoms with Gasteiger partial charge in [0.25, 0.3) is 5.91 Å². The summed E-state index contributed by atoms with van der Waals surface area (Å²) in [5.74, 6) is -0.596. The minimum absolute atomic E-state index is 0.145. The van der Waals surface area contributed by atoms with Gasteiger partial charge in [-0.05, 0) is 61.2 Å². The van der Waals surface area contributed by atoms with E-state index in [1.807, 2.05) is 0 Å². The fourth-order valence-corrected chi connectivity index (χ4v) is 4.90. The minimum atomic E-state index is -3.59. The van der Waals surface area contributed by atoms with Gasteiger partial charge in [0.1, 0.15) is 0 Å². The molecule has 0 aliphatic carbocycles. The maximum absolute atomic E-state index is 12.8. The monoisotopic (exact) mass is 450 g/mol. The first-order valence-corrected chi connectivity index (χ1v) is 11.3. The van der Waals surface area contributed by atoms with Crippen LogP contribution in [0.3, 0.4) is 0 Å². The van der Waals surface area contributed by atoms with Gasteiger partial charge < -0.3 is 10.1 Å². The number of piperidine rings is 1. The highest BCUT2D eigenvalue weighted by atomic mass is 35.5. The molecule has 0 unspecified atom stereocenters. The van der Waals surface area contributed by atoms with Gasteiger partial charge in [0.05, 0.1) is 23.3 Å². The predicted molar refractivity (Wildman–Crippen MR) is 114 cm³/mol. The number of nitrogens with one attached hydrogen (secondary N) is 1. The average molecular weight is 451 g/mol. The maximum atomic E-state index is 12.8. The van der Waals surface area contributed by atoms with Crippen molar-refractivity contribution in [2.24, 2.45) is 5.92 Å². The molecule has 30 heavy (non-hydrogen) atoms. The zero-order valence-corrected chi connectivity index (χ0v) is 18.3. The van der Waals surface area contributed by atoms with Crippen LogP contribution in [0.5, 0.6) is 0 Å². The summed E-state index contributed by atoms with van der Waals surface area (Å²) in [5, 5.41) is 2.97. The van der Waals surface area contributed by atoms with Gasteiger partial charge in [0.2, 0.25) is 10.0 Å². The lowest BCUT2D eigenvalue weighted by molar-refractivity contribution is 0.0602. The first-order chi connectivity index (χ1) is 14.2. The van der Waals surface area contributed by atoms with E-state index in [1.54, 1.807) is 0 Å². The summed E-state index contributed by atoms with van der Waals surface area (Å²) in [5.41, 5.74) is 0.615. The number of halogens is 1. The Labute approximate surface area is 181 Å². The summed E-state index contributed by atoms with van der Waals surface area (Å²) in [6.45, 7) is 3.11. The van der Waals surface area contributed by atoms with Gasteiger partial charge in [-0.1, -0.05) is 18.5 Å². The van der Waals surface area contributed by atoms with Crippen LogP contribution in [-0.4, -0.2) is 44.8 Å². The van der Waals surface area contributed by atoms with E-state index < -0.39 is 21.9 Å². The molecule has 9 heteroatoms. The molecule has 0 spiro atoms. The van der Waals surface area contributed by atoms with E-state index in [4.69, 9.17) is 16.3 Å². The molecule has 160 valence electrons. The molecule has 1 fully saturated rings. The lowest BCUT2D eigenvalue weighted by atomic mass is 10.0. The van der Waals surface area contributed by atoms with Gasteiger partial charge in [-0.3, -0.25) is 4.79 Å². The van der Waals surface area contributed by atoms with Crippen molar-refractivity contribution in [3.8, 4) is 0 Å². The summed E-state index contributed by atoms with van der Waals surface area (Å²) < 4.78 is 31.8. The Morgan fingerprint density at radius 3 is 2.33 bits per heavy atom. The summed E-state index contributed by atoms with van der Waals surface area (Å²) in [7, 11) is -2.35. The second kappa shape index (κ2) is 9.16. The SMILES string of the molecule is COC(=O)c1ccc(Cl)cc1NC(=O)c1ccc(S(=O)(=O)N2CCC(C)CC2)cc1. The zero-order chi connectivity index (χ0) is 21.9. The highest BCUT2D eigenvalue weighted by Crippen LogP contribution is 2.25. The van der Waals surface area contributed by atoms with Gasteiger partial charge in [0.15, 0.2) is 0 Å². The first-order valence-electron chi connectivity index (χ1n) is 9.52. The Balaban J connectivity index is 1.78. The van der Waals surface area contributed by atoms with Crippen molar-refractivity contribution >= 4 is 39.2 Å². The number of rotatable bonds is 5. The van der Waals surface area contributed by atoms with Crippen LogP contribution < -0.4 is 5.32 Å². The molecule has 0 radical (unpaired) electrons. The van der Waals surface area contributed by atoms with Crippen LogP contribution in [0, 0.1) is 5.92 Å². The maximum Gasteiger partial charge on any atom is 0.339 e. The molecular weight excluding hydrogens is 428 g/mol. The second-order valence-corrected chi connectivity index (χ2v) is 9.62. The van der Waals surface area contributed by atoms with Crippen LogP contribution in [0.2, 0.25) is 5.02 Å². The summed E-state index contributed by atoms with van der Waals surface area (Å²) >= 11 is 5.97. The van der Waals surface area contributed by atoms with E-state index in [9.17, 15) is 18.0 Å². The molecular formula is C21H23ClN2O5S. The van der Waals surface area contributed by atoms with Gasteiger partial charge >= 0.3 is 5.97 Å². The predicted octanol–water partition coefficient (Wildman–Crippen LogP) is 3.80. The fraction of sp³-hybridized carbons (Fsp3) is 0.333. The molecule has 1 aliphatic rings. The van der Waals surface area contributed by atoms with Gasteiger partial charge in [0, 0.05) is 23.7 Å². The van der Waals surface area contributed by atoms with Gasteiger partial charge in [-0.15, -0.1) is 0 Å². The van der Waals surface area contributed by atoms with Crippen molar-refractivity contribution in [1.29, 1.82) is 0 Å². The average Bonchev–Trinajstić information content (AvgIpc) is 2.73. The molecule has 1 N–H and O–H groups in total. The third-order valence-corrected chi connectivity index (χ3v) is 7.28. The Kier molecular flexibility index (Phi) is 6.80. The molecule has 1 saturated heterocycles. The second-order valence-electron chi connectivity index (χ2n) is 7.25. The first kappa shape index (κ1) is 22.3. The number of anilines is 1. The van der Waals surface area contributed by atoms with Crippen LogP contribution in [0.4, 0.5) is 5.69 Å². The molecule has 1 amide bonds. The molecule has 2 aromatic rings. The summed E-state index contributed by atoms with van der Waals surface area (Å²) in [6.07, 6.45) is 1.67. The van der Waals surface area contributed by atoms with Crippen molar-refractivity contribution in [3.63, 3.8) is 0 Å². The smallest absolute Gasteiger partial charge is 0.339 e. The number of carbonyl (C=O) groups excluding carboxylic acids is 2. The largest absolute Gasteiger partial charge is 0.465 e. The quantitative estimate of drug-likeness (QED) is 0.699. The number of hydrogen-bond donors (Lipinski definition) is 1. The number of methoxy groups -OCH3 is 1. The van der Waals surface area contributed by atoms with E-state index in [-0.39, 0.29) is 21.7 Å². The Morgan fingerprint density at radius 2 is 1.73 bits per heavy atom. The molecule has 1 aliphatic heterocycles. The zero-order valence-electron chi connectivity index (χ0n) is 16.7. The fourth-order valence-electron chi connectivity index (χ4n) is 3.25. The highest BCUT2D eigenvalue weighted by Gasteiger charge is 2.28. The molecule has 0 aromatic heterocycles. The summed E-state index contributed by atoms with van der Waals surface area (Å²) in [4.78, 5) is 24.7. The lowest BCUT2D eigenvalue weighted by Crippen LogP contribution is -2.37. The van der Waals surface area contributed by atoms with Crippen LogP contribution in [-0.2, 0) is 14.8 Å². The molecule has 1 heterocycles. The van der Waals surface area contributed by atoms with Crippen molar-refractivity contribution in [2.45, 2.75) is 24.7 Å². The highest BCUT2D eigenvalue weighted by molar-refractivity contribution is 7.89. The van der Waals surface area contributed by atoms with E-state index in [0.29, 0.717) is 24.0 Å².